The normalized spacial score (nSPS) is 11.1. The van der Waals surface area contributed by atoms with Crippen molar-refractivity contribution in [2.75, 3.05) is 19.5 Å². The van der Waals surface area contributed by atoms with Crippen molar-refractivity contribution < 1.29 is 27.4 Å². The Hall–Kier alpha value is -3.69. The number of hydrogen-bond acceptors (Lipinski definition) is 6. The summed E-state index contributed by atoms with van der Waals surface area (Å²) in [5, 5.41) is 10.4. The predicted octanol–water partition coefficient (Wildman–Crippen LogP) is 3.83. The highest BCUT2D eigenvalue weighted by atomic mass is 19.4. The van der Waals surface area contributed by atoms with Crippen molar-refractivity contribution >= 4 is 11.7 Å². The van der Waals surface area contributed by atoms with Gasteiger partial charge in [-0.2, -0.15) is 13.2 Å². The van der Waals surface area contributed by atoms with E-state index in [9.17, 15) is 18.0 Å². The first kappa shape index (κ1) is 20.1. The standard InChI is InChI=1S/C19H15F3N4O3/c1-28-15-9-14(23-10-16(15)29-2)18(27)24-17-8-7-13(25-26-17)11-3-5-12(6-4-11)19(20,21)22/h3-10H,1-2H3,(H,24,26,27). The highest BCUT2D eigenvalue weighted by molar-refractivity contribution is 6.02. The second-order valence-electron chi connectivity index (χ2n) is 5.76. The van der Waals surface area contributed by atoms with Gasteiger partial charge in [0, 0.05) is 11.6 Å². The van der Waals surface area contributed by atoms with Crippen molar-refractivity contribution in [3.63, 3.8) is 0 Å². The van der Waals surface area contributed by atoms with E-state index in [0.717, 1.165) is 12.1 Å². The molecule has 0 saturated carbocycles. The van der Waals surface area contributed by atoms with E-state index in [1.54, 1.807) is 0 Å². The zero-order chi connectivity index (χ0) is 21.0. The van der Waals surface area contributed by atoms with Crippen molar-refractivity contribution in [1.29, 1.82) is 0 Å². The van der Waals surface area contributed by atoms with Gasteiger partial charge in [-0.1, -0.05) is 12.1 Å². The minimum absolute atomic E-state index is 0.0799. The highest BCUT2D eigenvalue weighted by Gasteiger charge is 2.30. The summed E-state index contributed by atoms with van der Waals surface area (Å²) in [4.78, 5) is 16.3. The maximum absolute atomic E-state index is 12.6. The molecule has 0 bridgehead atoms. The van der Waals surface area contributed by atoms with Crippen LogP contribution < -0.4 is 14.8 Å². The van der Waals surface area contributed by atoms with Crippen LogP contribution in [-0.4, -0.2) is 35.3 Å². The van der Waals surface area contributed by atoms with Crippen LogP contribution in [0.25, 0.3) is 11.3 Å². The lowest BCUT2D eigenvalue weighted by Gasteiger charge is -2.09. The molecule has 0 atom stereocenters. The minimum atomic E-state index is -4.41. The maximum atomic E-state index is 12.6. The number of carbonyl (C=O) groups excluding carboxylic acids is 1. The summed E-state index contributed by atoms with van der Waals surface area (Å²) < 4.78 is 48.1. The number of carbonyl (C=O) groups is 1. The number of aromatic nitrogens is 3. The largest absolute Gasteiger partial charge is 0.493 e. The summed E-state index contributed by atoms with van der Waals surface area (Å²) in [7, 11) is 2.89. The number of benzene rings is 1. The first-order valence-corrected chi connectivity index (χ1v) is 8.22. The fourth-order valence-electron chi connectivity index (χ4n) is 2.42. The minimum Gasteiger partial charge on any atom is -0.493 e. The fourth-order valence-corrected chi connectivity index (χ4v) is 2.42. The molecule has 7 nitrogen and oxygen atoms in total. The van der Waals surface area contributed by atoms with Crippen LogP contribution in [0.15, 0.2) is 48.7 Å². The third-order valence-electron chi connectivity index (χ3n) is 3.92. The summed E-state index contributed by atoms with van der Waals surface area (Å²) in [5.74, 6) is 0.339. The third-order valence-corrected chi connectivity index (χ3v) is 3.92. The number of hydrogen-bond donors (Lipinski definition) is 1. The Kier molecular flexibility index (Phi) is 5.62. The molecule has 1 amide bonds. The number of nitrogens with zero attached hydrogens (tertiary/aromatic N) is 3. The number of alkyl halides is 3. The average Bonchev–Trinajstić information content (AvgIpc) is 2.73. The maximum Gasteiger partial charge on any atom is 0.416 e. The van der Waals surface area contributed by atoms with Crippen LogP contribution in [0.4, 0.5) is 19.0 Å². The van der Waals surface area contributed by atoms with Crippen LogP contribution in [0.2, 0.25) is 0 Å². The van der Waals surface area contributed by atoms with Gasteiger partial charge in [-0.15, -0.1) is 10.2 Å². The molecular formula is C19H15F3N4O3. The molecule has 3 aromatic rings. The summed E-state index contributed by atoms with van der Waals surface area (Å²) in [5.41, 5.74) is 0.155. The van der Waals surface area contributed by atoms with Gasteiger partial charge in [-0.25, -0.2) is 4.98 Å². The van der Waals surface area contributed by atoms with Gasteiger partial charge in [0.1, 0.15) is 5.69 Å². The fraction of sp³-hybridized carbons (Fsp3) is 0.158. The number of pyridine rings is 1. The molecule has 0 aliphatic heterocycles. The number of halogens is 3. The predicted molar refractivity (Wildman–Crippen MR) is 97.8 cm³/mol. The summed E-state index contributed by atoms with van der Waals surface area (Å²) >= 11 is 0. The molecule has 1 N–H and O–H groups in total. The van der Waals surface area contributed by atoms with Crippen LogP contribution >= 0.6 is 0 Å². The Bertz CT molecular complexity index is 1010. The van der Waals surface area contributed by atoms with Crippen LogP contribution in [-0.2, 0) is 6.18 Å². The van der Waals surface area contributed by atoms with E-state index in [1.165, 1.54) is 50.7 Å². The number of methoxy groups -OCH3 is 2. The quantitative estimate of drug-likeness (QED) is 0.696. The molecule has 10 heteroatoms. The second kappa shape index (κ2) is 8.13. The van der Waals surface area contributed by atoms with E-state index in [1.807, 2.05) is 0 Å². The van der Waals surface area contributed by atoms with Crippen molar-refractivity contribution in [2.45, 2.75) is 6.18 Å². The Labute approximate surface area is 163 Å². The number of amides is 1. The average molecular weight is 404 g/mol. The molecule has 2 aromatic heterocycles. The number of anilines is 1. The second-order valence-corrected chi connectivity index (χ2v) is 5.76. The van der Waals surface area contributed by atoms with Gasteiger partial charge < -0.3 is 14.8 Å². The van der Waals surface area contributed by atoms with Crippen molar-refractivity contribution in [3.8, 4) is 22.8 Å². The number of rotatable bonds is 5. The molecule has 0 aliphatic carbocycles. The van der Waals surface area contributed by atoms with E-state index in [0.29, 0.717) is 22.8 Å². The first-order chi connectivity index (χ1) is 13.8. The van der Waals surface area contributed by atoms with Gasteiger partial charge in [0.25, 0.3) is 5.91 Å². The highest BCUT2D eigenvalue weighted by Crippen LogP contribution is 2.30. The Morgan fingerprint density at radius 3 is 2.21 bits per heavy atom. The molecule has 29 heavy (non-hydrogen) atoms. The van der Waals surface area contributed by atoms with Crippen LogP contribution in [0, 0.1) is 0 Å². The van der Waals surface area contributed by atoms with Gasteiger partial charge in [0.2, 0.25) is 0 Å². The van der Waals surface area contributed by atoms with E-state index in [-0.39, 0.29) is 11.5 Å². The zero-order valence-corrected chi connectivity index (χ0v) is 15.3. The summed E-state index contributed by atoms with van der Waals surface area (Å²) in [6.45, 7) is 0. The molecule has 2 heterocycles. The monoisotopic (exact) mass is 404 g/mol. The molecule has 150 valence electrons. The number of ether oxygens (including phenoxy) is 2. The van der Waals surface area contributed by atoms with E-state index >= 15 is 0 Å². The smallest absolute Gasteiger partial charge is 0.416 e. The van der Waals surface area contributed by atoms with Gasteiger partial charge in [0.05, 0.1) is 31.7 Å². The Morgan fingerprint density at radius 2 is 1.66 bits per heavy atom. The summed E-state index contributed by atoms with van der Waals surface area (Å²) in [6.07, 6.45) is -3.05. The van der Waals surface area contributed by atoms with Crippen molar-refractivity contribution in [3.05, 3.63) is 59.9 Å². The summed E-state index contributed by atoms with van der Waals surface area (Å²) in [6, 6.07) is 8.98. The Morgan fingerprint density at radius 1 is 0.966 bits per heavy atom. The molecule has 0 unspecified atom stereocenters. The van der Waals surface area contributed by atoms with Gasteiger partial charge >= 0.3 is 6.18 Å². The lowest BCUT2D eigenvalue weighted by Crippen LogP contribution is -2.15. The van der Waals surface area contributed by atoms with E-state index in [4.69, 9.17) is 9.47 Å². The Balaban J connectivity index is 1.73. The van der Waals surface area contributed by atoms with E-state index < -0.39 is 17.6 Å². The lowest BCUT2D eigenvalue weighted by molar-refractivity contribution is -0.137. The SMILES string of the molecule is COc1cnc(C(=O)Nc2ccc(-c3ccc(C(F)(F)F)cc3)nn2)cc1OC. The lowest BCUT2D eigenvalue weighted by atomic mass is 10.1. The topological polar surface area (TPSA) is 86.2 Å². The van der Waals surface area contributed by atoms with E-state index in [2.05, 4.69) is 20.5 Å². The molecule has 0 saturated heterocycles. The van der Waals surface area contributed by atoms with Gasteiger partial charge in [-0.05, 0) is 24.3 Å². The molecular weight excluding hydrogens is 389 g/mol. The van der Waals surface area contributed by atoms with Crippen molar-refractivity contribution in [2.24, 2.45) is 0 Å². The van der Waals surface area contributed by atoms with Gasteiger partial charge in [-0.3, -0.25) is 4.79 Å². The molecule has 0 fully saturated rings. The third kappa shape index (κ3) is 4.60. The molecule has 3 rings (SSSR count). The van der Waals surface area contributed by atoms with Crippen LogP contribution in [0.5, 0.6) is 11.5 Å². The van der Waals surface area contributed by atoms with Crippen LogP contribution in [0.1, 0.15) is 16.1 Å². The molecule has 0 spiro atoms. The first-order valence-electron chi connectivity index (χ1n) is 8.22. The number of nitrogens with one attached hydrogen (secondary N) is 1. The molecule has 0 radical (unpaired) electrons. The van der Waals surface area contributed by atoms with Crippen molar-refractivity contribution in [1.82, 2.24) is 15.2 Å². The molecule has 1 aromatic carbocycles. The van der Waals surface area contributed by atoms with Crippen LogP contribution in [0.3, 0.4) is 0 Å². The van der Waals surface area contributed by atoms with Gasteiger partial charge in [0.15, 0.2) is 17.3 Å². The zero-order valence-electron chi connectivity index (χ0n) is 15.3. The molecule has 0 aliphatic rings.